The number of hydrogen-bond acceptors (Lipinski definition) is 3. The standard InChI is InChI=1S/C21H25ClN2O3/c1-4-5-10-23-21(26)17-8-6-7-9-18(17)24-19(25)13-27-16-11-14(2)20(22)15(3)12-16/h6-9,11-12H,4-5,10,13H2,1-3H3,(H,23,26)(H,24,25). The average molecular weight is 389 g/mol. The summed E-state index contributed by atoms with van der Waals surface area (Å²) in [5, 5.41) is 6.29. The first-order chi connectivity index (χ1) is 12.9. The number of hydrogen-bond donors (Lipinski definition) is 2. The van der Waals surface area contributed by atoms with Gasteiger partial charge in [-0.25, -0.2) is 0 Å². The van der Waals surface area contributed by atoms with Crippen LogP contribution in [0.25, 0.3) is 0 Å². The molecule has 0 bridgehead atoms. The van der Waals surface area contributed by atoms with Crippen LogP contribution in [-0.2, 0) is 4.79 Å². The topological polar surface area (TPSA) is 67.4 Å². The molecular weight excluding hydrogens is 364 g/mol. The third kappa shape index (κ3) is 6.00. The summed E-state index contributed by atoms with van der Waals surface area (Å²) < 4.78 is 5.57. The molecule has 0 aliphatic carbocycles. The monoisotopic (exact) mass is 388 g/mol. The van der Waals surface area contributed by atoms with Gasteiger partial charge in [0.25, 0.3) is 11.8 Å². The Bertz CT molecular complexity index is 798. The van der Waals surface area contributed by atoms with Gasteiger partial charge in [0.2, 0.25) is 0 Å². The summed E-state index contributed by atoms with van der Waals surface area (Å²) in [5.41, 5.74) is 2.67. The minimum Gasteiger partial charge on any atom is -0.484 e. The van der Waals surface area contributed by atoms with Crippen molar-refractivity contribution in [2.45, 2.75) is 33.6 Å². The van der Waals surface area contributed by atoms with Crippen molar-refractivity contribution in [3.05, 3.63) is 58.1 Å². The van der Waals surface area contributed by atoms with Gasteiger partial charge in [0, 0.05) is 11.6 Å². The van der Waals surface area contributed by atoms with Gasteiger partial charge in [0.05, 0.1) is 11.3 Å². The van der Waals surface area contributed by atoms with Gasteiger partial charge in [-0.3, -0.25) is 9.59 Å². The molecule has 5 nitrogen and oxygen atoms in total. The Morgan fingerprint density at radius 2 is 1.78 bits per heavy atom. The van der Waals surface area contributed by atoms with Crippen molar-refractivity contribution in [1.29, 1.82) is 0 Å². The Morgan fingerprint density at radius 3 is 2.44 bits per heavy atom. The number of unbranched alkanes of at least 4 members (excludes halogenated alkanes) is 1. The maximum absolute atomic E-state index is 12.3. The molecule has 0 radical (unpaired) electrons. The Hall–Kier alpha value is -2.53. The number of ether oxygens (including phenoxy) is 1. The van der Waals surface area contributed by atoms with E-state index >= 15 is 0 Å². The molecule has 0 aliphatic rings. The maximum Gasteiger partial charge on any atom is 0.262 e. The van der Waals surface area contributed by atoms with Crippen LogP contribution in [0.4, 0.5) is 5.69 Å². The molecule has 0 atom stereocenters. The summed E-state index contributed by atoms with van der Waals surface area (Å²) in [6.07, 6.45) is 1.91. The zero-order chi connectivity index (χ0) is 19.8. The molecule has 2 aromatic rings. The van der Waals surface area contributed by atoms with Crippen LogP contribution >= 0.6 is 11.6 Å². The molecule has 0 unspecified atom stereocenters. The molecule has 0 saturated carbocycles. The highest BCUT2D eigenvalue weighted by Crippen LogP contribution is 2.25. The molecule has 27 heavy (non-hydrogen) atoms. The van der Waals surface area contributed by atoms with Gasteiger partial charge in [-0.2, -0.15) is 0 Å². The SMILES string of the molecule is CCCCNC(=O)c1ccccc1NC(=O)COc1cc(C)c(Cl)c(C)c1. The van der Waals surface area contributed by atoms with Crippen molar-refractivity contribution in [2.75, 3.05) is 18.5 Å². The summed E-state index contributed by atoms with van der Waals surface area (Å²) >= 11 is 6.14. The second-order valence-corrected chi connectivity index (χ2v) is 6.74. The number of benzene rings is 2. The lowest BCUT2D eigenvalue weighted by Gasteiger charge is -2.13. The Labute approximate surface area is 165 Å². The first kappa shape index (κ1) is 20.8. The van der Waals surface area contributed by atoms with Crippen LogP contribution in [0.15, 0.2) is 36.4 Å². The van der Waals surface area contributed by atoms with Gasteiger partial charge in [0.15, 0.2) is 6.61 Å². The minimum atomic E-state index is -0.339. The summed E-state index contributed by atoms with van der Waals surface area (Å²) in [5.74, 6) is 0.0356. The number of anilines is 1. The molecule has 2 rings (SSSR count). The molecular formula is C21H25ClN2O3. The molecule has 2 N–H and O–H groups in total. The van der Waals surface area contributed by atoms with Crippen LogP contribution in [0, 0.1) is 13.8 Å². The van der Waals surface area contributed by atoms with Crippen LogP contribution in [-0.4, -0.2) is 25.0 Å². The van der Waals surface area contributed by atoms with E-state index in [4.69, 9.17) is 16.3 Å². The lowest BCUT2D eigenvalue weighted by atomic mass is 10.1. The second kappa shape index (κ2) is 9.97. The zero-order valence-electron chi connectivity index (χ0n) is 15.9. The van der Waals surface area contributed by atoms with E-state index in [1.54, 1.807) is 36.4 Å². The van der Waals surface area contributed by atoms with Crippen molar-refractivity contribution < 1.29 is 14.3 Å². The van der Waals surface area contributed by atoms with Crippen LogP contribution in [0.5, 0.6) is 5.75 Å². The lowest BCUT2D eigenvalue weighted by Crippen LogP contribution is -2.27. The molecule has 0 saturated heterocycles. The molecule has 0 heterocycles. The van der Waals surface area contributed by atoms with Gasteiger partial charge in [-0.15, -0.1) is 0 Å². The van der Waals surface area contributed by atoms with E-state index in [0.29, 0.717) is 28.6 Å². The number of carbonyl (C=O) groups is 2. The van der Waals surface area contributed by atoms with Crippen molar-refractivity contribution in [2.24, 2.45) is 0 Å². The lowest BCUT2D eigenvalue weighted by molar-refractivity contribution is -0.118. The zero-order valence-corrected chi connectivity index (χ0v) is 16.7. The molecule has 144 valence electrons. The normalized spacial score (nSPS) is 10.4. The molecule has 0 aromatic heterocycles. The number of halogens is 1. The van der Waals surface area contributed by atoms with E-state index < -0.39 is 0 Å². The van der Waals surface area contributed by atoms with Crippen LogP contribution in [0.2, 0.25) is 5.02 Å². The van der Waals surface area contributed by atoms with E-state index in [1.807, 2.05) is 13.8 Å². The second-order valence-electron chi connectivity index (χ2n) is 6.36. The number of amides is 2. The molecule has 0 spiro atoms. The van der Waals surface area contributed by atoms with Gasteiger partial charge < -0.3 is 15.4 Å². The smallest absolute Gasteiger partial charge is 0.262 e. The third-order valence-corrected chi connectivity index (χ3v) is 4.64. The molecule has 6 heteroatoms. The number of carbonyl (C=O) groups excluding carboxylic acids is 2. The maximum atomic E-state index is 12.3. The molecule has 2 aromatic carbocycles. The van der Waals surface area contributed by atoms with Crippen molar-refractivity contribution in [1.82, 2.24) is 5.32 Å². The van der Waals surface area contributed by atoms with E-state index in [2.05, 4.69) is 17.6 Å². The minimum absolute atomic E-state index is 0.160. The van der Waals surface area contributed by atoms with Crippen molar-refractivity contribution in [3.63, 3.8) is 0 Å². The number of aryl methyl sites for hydroxylation is 2. The highest BCUT2D eigenvalue weighted by atomic mass is 35.5. The van der Waals surface area contributed by atoms with Gasteiger partial charge in [-0.1, -0.05) is 37.1 Å². The van der Waals surface area contributed by atoms with E-state index in [9.17, 15) is 9.59 Å². The van der Waals surface area contributed by atoms with Crippen LogP contribution < -0.4 is 15.4 Å². The quantitative estimate of drug-likeness (QED) is 0.654. The molecule has 2 amide bonds. The van der Waals surface area contributed by atoms with E-state index in [0.717, 1.165) is 24.0 Å². The molecule has 0 aliphatic heterocycles. The highest BCUT2D eigenvalue weighted by Gasteiger charge is 2.13. The Balaban J connectivity index is 1.99. The first-order valence-electron chi connectivity index (χ1n) is 8.99. The largest absolute Gasteiger partial charge is 0.484 e. The summed E-state index contributed by atoms with van der Waals surface area (Å²) in [4.78, 5) is 24.6. The van der Waals surface area contributed by atoms with E-state index in [-0.39, 0.29) is 18.4 Å². The number of nitrogens with one attached hydrogen (secondary N) is 2. The fraction of sp³-hybridized carbons (Fsp3) is 0.333. The molecule has 0 fully saturated rings. The first-order valence-corrected chi connectivity index (χ1v) is 9.36. The van der Waals surface area contributed by atoms with E-state index in [1.165, 1.54) is 0 Å². The summed E-state index contributed by atoms with van der Waals surface area (Å²) in [6.45, 7) is 6.28. The number of rotatable bonds is 8. The fourth-order valence-electron chi connectivity index (χ4n) is 2.59. The van der Waals surface area contributed by atoms with Crippen molar-refractivity contribution in [3.8, 4) is 5.75 Å². The summed E-state index contributed by atoms with van der Waals surface area (Å²) in [7, 11) is 0. The Morgan fingerprint density at radius 1 is 1.11 bits per heavy atom. The fourth-order valence-corrected chi connectivity index (χ4v) is 2.70. The third-order valence-electron chi connectivity index (χ3n) is 4.04. The Kier molecular flexibility index (Phi) is 7.67. The highest BCUT2D eigenvalue weighted by molar-refractivity contribution is 6.32. The summed E-state index contributed by atoms with van der Waals surface area (Å²) in [6, 6.07) is 10.5. The van der Waals surface area contributed by atoms with Gasteiger partial charge in [-0.05, 0) is 55.7 Å². The van der Waals surface area contributed by atoms with Gasteiger partial charge in [0.1, 0.15) is 5.75 Å². The van der Waals surface area contributed by atoms with Crippen LogP contribution in [0.1, 0.15) is 41.3 Å². The van der Waals surface area contributed by atoms with Crippen molar-refractivity contribution >= 4 is 29.1 Å². The average Bonchev–Trinajstić information content (AvgIpc) is 2.65. The van der Waals surface area contributed by atoms with Crippen LogP contribution in [0.3, 0.4) is 0 Å². The van der Waals surface area contributed by atoms with Gasteiger partial charge >= 0.3 is 0 Å². The predicted molar refractivity (Wildman–Crippen MR) is 109 cm³/mol. The number of para-hydroxylation sites is 1. The predicted octanol–water partition coefficient (Wildman–Crippen LogP) is 4.50.